The minimum atomic E-state index is 0.415. The number of nitrogens with zero attached hydrogens (tertiary/aromatic N) is 4. The summed E-state index contributed by atoms with van der Waals surface area (Å²) in [4.78, 5) is 14.6. The lowest BCUT2D eigenvalue weighted by molar-refractivity contribution is 0.200. The minimum absolute atomic E-state index is 0.415. The van der Waals surface area contributed by atoms with E-state index in [1.54, 1.807) is 0 Å². The SMILES string of the molecule is Brc1ccc(CN(c2ncc(-c3ccccc3)cn2)C2CCN(Cc3ccccc3)CC2)cc1. The molecule has 172 valence electrons. The Bertz CT molecular complexity index is 1160. The van der Waals surface area contributed by atoms with Gasteiger partial charge in [-0.05, 0) is 41.7 Å². The van der Waals surface area contributed by atoms with E-state index in [2.05, 4.69) is 92.5 Å². The third-order valence-corrected chi connectivity index (χ3v) is 7.04. The summed E-state index contributed by atoms with van der Waals surface area (Å²) < 4.78 is 1.10. The van der Waals surface area contributed by atoms with Gasteiger partial charge < -0.3 is 4.90 Å². The zero-order chi connectivity index (χ0) is 23.2. The molecule has 4 nitrogen and oxygen atoms in total. The van der Waals surface area contributed by atoms with Crippen LogP contribution in [0.2, 0.25) is 0 Å². The second-order valence-corrected chi connectivity index (χ2v) is 9.80. The van der Waals surface area contributed by atoms with Gasteiger partial charge in [0.15, 0.2) is 0 Å². The van der Waals surface area contributed by atoms with Crippen LogP contribution in [0.4, 0.5) is 5.95 Å². The lowest BCUT2D eigenvalue weighted by Gasteiger charge is -2.38. The lowest BCUT2D eigenvalue weighted by atomic mass is 10.0. The molecule has 0 aliphatic carbocycles. The molecule has 34 heavy (non-hydrogen) atoms. The second kappa shape index (κ2) is 10.9. The number of piperidine rings is 1. The zero-order valence-corrected chi connectivity index (χ0v) is 20.8. The maximum atomic E-state index is 4.82. The first-order valence-electron chi connectivity index (χ1n) is 11.9. The van der Waals surface area contributed by atoms with Crippen molar-refractivity contribution in [2.45, 2.75) is 32.0 Å². The first kappa shape index (κ1) is 22.8. The molecule has 3 aromatic carbocycles. The summed E-state index contributed by atoms with van der Waals surface area (Å²) in [7, 11) is 0. The average molecular weight is 513 g/mol. The quantitative estimate of drug-likeness (QED) is 0.280. The number of benzene rings is 3. The van der Waals surface area contributed by atoms with Crippen LogP contribution in [0.5, 0.6) is 0 Å². The zero-order valence-electron chi connectivity index (χ0n) is 19.2. The Hall–Kier alpha value is -3.02. The van der Waals surface area contributed by atoms with E-state index in [-0.39, 0.29) is 0 Å². The highest BCUT2D eigenvalue weighted by molar-refractivity contribution is 9.10. The van der Waals surface area contributed by atoms with Gasteiger partial charge in [-0.2, -0.15) is 0 Å². The molecular weight excluding hydrogens is 484 g/mol. The maximum absolute atomic E-state index is 4.82. The third kappa shape index (κ3) is 5.72. The molecule has 0 atom stereocenters. The fraction of sp³-hybridized carbons (Fsp3) is 0.241. The van der Waals surface area contributed by atoms with E-state index in [0.29, 0.717) is 6.04 Å². The van der Waals surface area contributed by atoms with Gasteiger partial charge in [0.2, 0.25) is 5.95 Å². The Balaban J connectivity index is 1.33. The molecule has 1 aromatic heterocycles. The predicted octanol–water partition coefficient (Wildman–Crippen LogP) is 6.58. The highest BCUT2D eigenvalue weighted by Crippen LogP contribution is 2.26. The number of halogens is 1. The number of likely N-dealkylation sites (tertiary alicyclic amines) is 1. The summed E-state index contributed by atoms with van der Waals surface area (Å²) in [6.07, 6.45) is 6.12. The number of hydrogen-bond acceptors (Lipinski definition) is 4. The van der Waals surface area contributed by atoms with Crippen molar-refractivity contribution in [3.8, 4) is 11.1 Å². The summed E-state index contributed by atoms with van der Waals surface area (Å²) in [5.41, 5.74) is 4.84. The van der Waals surface area contributed by atoms with Crippen LogP contribution in [0.3, 0.4) is 0 Å². The first-order valence-corrected chi connectivity index (χ1v) is 12.7. The van der Waals surface area contributed by atoms with E-state index in [0.717, 1.165) is 60.6 Å². The van der Waals surface area contributed by atoms with Crippen LogP contribution in [-0.2, 0) is 13.1 Å². The van der Waals surface area contributed by atoms with E-state index in [4.69, 9.17) is 9.97 Å². The summed E-state index contributed by atoms with van der Waals surface area (Å²) in [5, 5.41) is 0. The summed E-state index contributed by atoms with van der Waals surface area (Å²) in [6, 6.07) is 30.1. The van der Waals surface area contributed by atoms with Gasteiger partial charge in [0, 0.05) is 54.7 Å². The van der Waals surface area contributed by atoms with Crippen molar-refractivity contribution in [1.82, 2.24) is 14.9 Å². The van der Waals surface area contributed by atoms with Gasteiger partial charge >= 0.3 is 0 Å². The number of aromatic nitrogens is 2. The molecule has 1 aliphatic heterocycles. The van der Waals surface area contributed by atoms with E-state index in [1.165, 1.54) is 11.1 Å². The summed E-state index contributed by atoms with van der Waals surface area (Å²) >= 11 is 3.55. The van der Waals surface area contributed by atoms with E-state index >= 15 is 0 Å². The maximum Gasteiger partial charge on any atom is 0.225 e. The van der Waals surface area contributed by atoms with Crippen molar-refractivity contribution in [2.75, 3.05) is 18.0 Å². The van der Waals surface area contributed by atoms with Crippen LogP contribution in [0.15, 0.2) is 102 Å². The Labute approximate surface area is 210 Å². The van der Waals surface area contributed by atoms with Crippen LogP contribution in [0.25, 0.3) is 11.1 Å². The molecule has 0 N–H and O–H groups in total. The monoisotopic (exact) mass is 512 g/mol. The highest BCUT2D eigenvalue weighted by atomic mass is 79.9. The molecule has 0 unspecified atom stereocenters. The molecule has 1 saturated heterocycles. The third-order valence-electron chi connectivity index (χ3n) is 6.52. The van der Waals surface area contributed by atoms with Crippen molar-refractivity contribution in [2.24, 2.45) is 0 Å². The van der Waals surface area contributed by atoms with Crippen LogP contribution in [0, 0.1) is 0 Å². The smallest absolute Gasteiger partial charge is 0.225 e. The minimum Gasteiger partial charge on any atom is -0.333 e. The molecule has 0 spiro atoms. The molecule has 0 amide bonds. The van der Waals surface area contributed by atoms with Crippen LogP contribution < -0.4 is 4.90 Å². The molecule has 2 heterocycles. The molecule has 1 aliphatic rings. The molecular formula is C29H29BrN4. The molecule has 0 bridgehead atoms. The largest absolute Gasteiger partial charge is 0.333 e. The van der Waals surface area contributed by atoms with E-state index < -0.39 is 0 Å². The summed E-state index contributed by atoms with van der Waals surface area (Å²) in [5.74, 6) is 0.809. The molecule has 0 radical (unpaired) electrons. The van der Waals surface area contributed by atoms with Gasteiger partial charge in [-0.25, -0.2) is 9.97 Å². The Morgan fingerprint density at radius 1 is 0.735 bits per heavy atom. The Morgan fingerprint density at radius 2 is 1.35 bits per heavy atom. The number of anilines is 1. The Morgan fingerprint density at radius 3 is 2.00 bits per heavy atom. The topological polar surface area (TPSA) is 32.3 Å². The van der Waals surface area contributed by atoms with Gasteiger partial charge in [0.05, 0.1) is 0 Å². The second-order valence-electron chi connectivity index (χ2n) is 8.89. The number of hydrogen-bond donors (Lipinski definition) is 0. The molecule has 5 heteroatoms. The Kier molecular flexibility index (Phi) is 7.32. The van der Waals surface area contributed by atoms with Crippen molar-refractivity contribution in [3.63, 3.8) is 0 Å². The van der Waals surface area contributed by atoms with Gasteiger partial charge in [-0.15, -0.1) is 0 Å². The van der Waals surface area contributed by atoms with Gasteiger partial charge in [0.25, 0.3) is 0 Å². The average Bonchev–Trinajstić information content (AvgIpc) is 2.90. The molecule has 5 rings (SSSR count). The van der Waals surface area contributed by atoms with Crippen molar-refractivity contribution >= 4 is 21.9 Å². The number of rotatable bonds is 7. The normalized spacial score (nSPS) is 14.7. The van der Waals surface area contributed by atoms with E-state index in [1.807, 2.05) is 30.6 Å². The van der Waals surface area contributed by atoms with Gasteiger partial charge in [-0.1, -0.05) is 88.7 Å². The van der Waals surface area contributed by atoms with Gasteiger partial charge in [0.1, 0.15) is 0 Å². The molecule has 0 saturated carbocycles. The predicted molar refractivity (Wildman–Crippen MR) is 143 cm³/mol. The van der Waals surface area contributed by atoms with Crippen molar-refractivity contribution < 1.29 is 0 Å². The van der Waals surface area contributed by atoms with Crippen LogP contribution in [-0.4, -0.2) is 34.0 Å². The van der Waals surface area contributed by atoms with Crippen LogP contribution >= 0.6 is 15.9 Å². The standard InChI is InChI=1S/C29H29BrN4/c30-27-13-11-24(12-14-27)22-34(29-31-19-26(20-32-29)25-9-5-2-6-10-25)28-15-17-33(18-16-28)21-23-7-3-1-4-8-23/h1-14,19-20,28H,15-18,21-22H2. The molecule has 1 fully saturated rings. The lowest BCUT2D eigenvalue weighted by Crippen LogP contribution is -2.45. The molecule has 4 aromatic rings. The highest BCUT2D eigenvalue weighted by Gasteiger charge is 2.26. The van der Waals surface area contributed by atoms with Crippen molar-refractivity contribution in [3.05, 3.63) is 113 Å². The summed E-state index contributed by atoms with van der Waals surface area (Å²) in [6.45, 7) is 3.99. The van der Waals surface area contributed by atoms with Gasteiger partial charge in [-0.3, -0.25) is 4.90 Å². The first-order chi connectivity index (χ1) is 16.7. The van der Waals surface area contributed by atoms with Crippen LogP contribution in [0.1, 0.15) is 24.0 Å². The fourth-order valence-corrected chi connectivity index (χ4v) is 4.89. The van der Waals surface area contributed by atoms with E-state index in [9.17, 15) is 0 Å². The fourth-order valence-electron chi connectivity index (χ4n) is 4.63. The van der Waals surface area contributed by atoms with Crippen molar-refractivity contribution in [1.29, 1.82) is 0 Å².